The average molecular weight is 346 g/mol. The molecule has 0 aromatic heterocycles. The highest BCUT2D eigenvalue weighted by atomic mass is 32.2. The van der Waals surface area contributed by atoms with E-state index >= 15 is 0 Å². The van der Waals surface area contributed by atoms with E-state index in [1.165, 1.54) is 7.11 Å². The number of piperidine rings is 1. The van der Waals surface area contributed by atoms with Gasteiger partial charge in [0.1, 0.15) is 0 Å². The van der Waals surface area contributed by atoms with Crippen molar-refractivity contribution in [3.05, 3.63) is 0 Å². The normalized spacial score (nSPS) is 27.1. The van der Waals surface area contributed by atoms with Crippen molar-refractivity contribution >= 4 is 16.0 Å². The SMILES string of the molecule is CCCN(C1CCNCC1)S(=O)(=O)C1CCCCC1C(=O)OC. The molecule has 0 aromatic rings. The summed E-state index contributed by atoms with van der Waals surface area (Å²) >= 11 is 0. The Bertz CT molecular complexity index is 488. The monoisotopic (exact) mass is 346 g/mol. The van der Waals surface area contributed by atoms with Gasteiger partial charge in [0, 0.05) is 12.6 Å². The summed E-state index contributed by atoms with van der Waals surface area (Å²) in [6.45, 7) is 4.25. The van der Waals surface area contributed by atoms with Crippen LogP contribution in [0.15, 0.2) is 0 Å². The van der Waals surface area contributed by atoms with E-state index in [1.807, 2.05) is 6.92 Å². The summed E-state index contributed by atoms with van der Waals surface area (Å²) < 4.78 is 33.2. The van der Waals surface area contributed by atoms with Crippen molar-refractivity contribution in [3.8, 4) is 0 Å². The molecule has 0 bridgehead atoms. The van der Waals surface area contributed by atoms with Crippen molar-refractivity contribution in [2.24, 2.45) is 5.92 Å². The first-order chi connectivity index (χ1) is 11.0. The molecule has 0 aromatic carbocycles. The Hall–Kier alpha value is -0.660. The average Bonchev–Trinajstić information content (AvgIpc) is 2.59. The number of carbonyl (C=O) groups is 1. The molecule has 1 saturated heterocycles. The highest BCUT2D eigenvalue weighted by Crippen LogP contribution is 2.34. The van der Waals surface area contributed by atoms with Crippen LogP contribution in [0.5, 0.6) is 0 Å². The molecule has 0 radical (unpaired) electrons. The first-order valence-corrected chi connectivity index (χ1v) is 10.3. The molecular formula is C16H30N2O4S. The number of sulfonamides is 1. The van der Waals surface area contributed by atoms with Crippen molar-refractivity contribution in [1.29, 1.82) is 0 Å². The third-order valence-electron chi connectivity index (χ3n) is 5.08. The third kappa shape index (κ3) is 4.25. The quantitative estimate of drug-likeness (QED) is 0.738. The van der Waals surface area contributed by atoms with Gasteiger partial charge in [-0.15, -0.1) is 0 Å². The molecule has 1 heterocycles. The Balaban J connectivity index is 2.25. The lowest BCUT2D eigenvalue weighted by Gasteiger charge is -2.38. The van der Waals surface area contributed by atoms with Gasteiger partial charge in [0.15, 0.2) is 0 Å². The molecular weight excluding hydrogens is 316 g/mol. The molecule has 2 aliphatic rings. The van der Waals surface area contributed by atoms with Crippen molar-refractivity contribution in [1.82, 2.24) is 9.62 Å². The number of methoxy groups -OCH3 is 1. The van der Waals surface area contributed by atoms with Gasteiger partial charge in [-0.1, -0.05) is 19.8 Å². The van der Waals surface area contributed by atoms with E-state index in [0.717, 1.165) is 45.2 Å². The summed E-state index contributed by atoms with van der Waals surface area (Å²) in [5.41, 5.74) is 0. The van der Waals surface area contributed by atoms with Crippen molar-refractivity contribution < 1.29 is 17.9 Å². The van der Waals surface area contributed by atoms with Crippen LogP contribution in [0.2, 0.25) is 0 Å². The lowest BCUT2D eigenvalue weighted by molar-refractivity contribution is -0.146. The fraction of sp³-hybridized carbons (Fsp3) is 0.938. The Morgan fingerprint density at radius 3 is 2.43 bits per heavy atom. The van der Waals surface area contributed by atoms with Crippen LogP contribution in [0.1, 0.15) is 51.9 Å². The van der Waals surface area contributed by atoms with Crippen LogP contribution in [0.3, 0.4) is 0 Å². The summed E-state index contributed by atoms with van der Waals surface area (Å²) in [4.78, 5) is 12.1. The topological polar surface area (TPSA) is 75.7 Å². The maximum atomic E-state index is 13.3. The van der Waals surface area contributed by atoms with Crippen LogP contribution >= 0.6 is 0 Å². The van der Waals surface area contributed by atoms with Gasteiger partial charge in [-0.05, 0) is 45.2 Å². The van der Waals surface area contributed by atoms with Crippen molar-refractivity contribution in [2.75, 3.05) is 26.7 Å². The van der Waals surface area contributed by atoms with Crippen LogP contribution in [-0.4, -0.2) is 56.7 Å². The molecule has 1 aliphatic carbocycles. The van der Waals surface area contributed by atoms with Gasteiger partial charge in [0.05, 0.1) is 18.3 Å². The number of esters is 1. The Labute approximate surface area is 140 Å². The van der Waals surface area contributed by atoms with Gasteiger partial charge < -0.3 is 10.1 Å². The molecule has 1 saturated carbocycles. The molecule has 2 atom stereocenters. The Morgan fingerprint density at radius 1 is 1.17 bits per heavy atom. The van der Waals surface area contributed by atoms with Crippen molar-refractivity contribution in [3.63, 3.8) is 0 Å². The molecule has 2 fully saturated rings. The van der Waals surface area contributed by atoms with Gasteiger partial charge in [-0.3, -0.25) is 4.79 Å². The number of ether oxygens (including phenoxy) is 1. The molecule has 0 spiro atoms. The molecule has 7 heteroatoms. The maximum Gasteiger partial charge on any atom is 0.310 e. The van der Waals surface area contributed by atoms with Crippen LogP contribution in [-0.2, 0) is 19.6 Å². The standard InChI is InChI=1S/C16H30N2O4S/c1-3-12-18(13-8-10-17-11-9-13)23(20,21)15-7-5-4-6-14(15)16(19)22-2/h13-15,17H,3-12H2,1-2H3. The molecule has 134 valence electrons. The number of hydrogen-bond donors (Lipinski definition) is 1. The molecule has 2 unspecified atom stereocenters. The van der Waals surface area contributed by atoms with E-state index < -0.39 is 21.2 Å². The number of hydrogen-bond acceptors (Lipinski definition) is 5. The lowest BCUT2D eigenvalue weighted by Crippen LogP contribution is -2.52. The molecule has 6 nitrogen and oxygen atoms in total. The number of rotatable bonds is 6. The minimum atomic E-state index is -3.49. The highest BCUT2D eigenvalue weighted by molar-refractivity contribution is 7.89. The van der Waals surface area contributed by atoms with Crippen LogP contribution in [0.4, 0.5) is 0 Å². The van der Waals surface area contributed by atoms with Gasteiger partial charge in [-0.25, -0.2) is 8.42 Å². The van der Waals surface area contributed by atoms with Crippen molar-refractivity contribution in [2.45, 2.75) is 63.2 Å². The predicted octanol–water partition coefficient (Wildman–Crippen LogP) is 1.51. The van der Waals surface area contributed by atoms with Crippen LogP contribution in [0, 0.1) is 5.92 Å². The molecule has 1 N–H and O–H groups in total. The smallest absolute Gasteiger partial charge is 0.310 e. The second-order valence-electron chi connectivity index (χ2n) is 6.59. The van der Waals surface area contributed by atoms with E-state index in [1.54, 1.807) is 4.31 Å². The second-order valence-corrected chi connectivity index (χ2v) is 8.69. The van der Waals surface area contributed by atoms with Gasteiger partial charge in [0.25, 0.3) is 0 Å². The summed E-state index contributed by atoms with van der Waals surface area (Å²) in [7, 11) is -2.14. The summed E-state index contributed by atoms with van der Waals surface area (Å²) in [5, 5.41) is 2.66. The second kappa shape index (κ2) is 8.44. The molecule has 1 aliphatic heterocycles. The van der Waals surface area contributed by atoms with E-state index in [-0.39, 0.29) is 12.0 Å². The highest BCUT2D eigenvalue weighted by Gasteiger charge is 2.44. The zero-order valence-electron chi connectivity index (χ0n) is 14.3. The summed E-state index contributed by atoms with van der Waals surface area (Å²) in [6, 6.07) is 0.0569. The molecule has 0 amide bonds. The van der Waals surface area contributed by atoms with Gasteiger partial charge in [0.2, 0.25) is 10.0 Å². The van der Waals surface area contributed by atoms with E-state index in [0.29, 0.717) is 19.4 Å². The first-order valence-electron chi connectivity index (χ1n) is 8.81. The van der Waals surface area contributed by atoms with Gasteiger partial charge in [-0.2, -0.15) is 4.31 Å². The van der Waals surface area contributed by atoms with E-state index in [2.05, 4.69) is 5.32 Å². The van der Waals surface area contributed by atoms with Crippen LogP contribution in [0.25, 0.3) is 0 Å². The minimum absolute atomic E-state index is 0.0569. The predicted molar refractivity (Wildman–Crippen MR) is 89.6 cm³/mol. The number of nitrogens with zero attached hydrogens (tertiary/aromatic N) is 1. The first kappa shape index (κ1) is 18.7. The Morgan fingerprint density at radius 2 is 1.83 bits per heavy atom. The fourth-order valence-electron chi connectivity index (χ4n) is 3.88. The lowest BCUT2D eigenvalue weighted by atomic mass is 9.89. The number of carbonyl (C=O) groups excluding carboxylic acids is 1. The van der Waals surface area contributed by atoms with E-state index in [9.17, 15) is 13.2 Å². The molecule has 23 heavy (non-hydrogen) atoms. The van der Waals surface area contributed by atoms with Crippen LogP contribution < -0.4 is 5.32 Å². The molecule has 2 rings (SSSR count). The zero-order chi connectivity index (χ0) is 16.9. The zero-order valence-corrected chi connectivity index (χ0v) is 15.1. The van der Waals surface area contributed by atoms with E-state index in [4.69, 9.17) is 4.74 Å². The third-order valence-corrected chi connectivity index (χ3v) is 7.54. The maximum absolute atomic E-state index is 13.3. The summed E-state index contributed by atoms with van der Waals surface area (Å²) in [5.74, 6) is -0.889. The largest absolute Gasteiger partial charge is 0.469 e. The minimum Gasteiger partial charge on any atom is -0.469 e. The summed E-state index contributed by atoms with van der Waals surface area (Å²) in [6.07, 6.45) is 5.41. The number of nitrogens with one attached hydrogen (secondary N) is 1. The Kier molecular flexibility index (Phi) is 6.85. The van der Waals surface area contributed by atoms with Gasteiger partial charge >= 0.3 is 5.97 Å². The fourth-order valence-corrected chi connectivity index (χ4v) is 6.42.